The number of hydrogen-bond acceptors (Lipinski definition) is 5. The molecule has 1 atom stereocenters. The molecule has 1 spiro atoms. The van der Waals surface area contributed by atoms with Gasteiger partial charge in [0, 0.05) is 64.7 Å². The highest BCUT2D eigenvalue weighted by molar-refractivity contribution is 5.78. The molecule has 2 amide bonds. The monoisotopic (exact) mass is 385 g/mol. The van der Waals surface area contributed by atoms with Crippen molar-refractivity contribution in [3.63, 3.8) is 0 Å². The van der Waals surface area contributed by atoms with Crippen molar-refractivity contribution in [2.45, 2.75) is 56.8 Å². The van der Waals surface area contributed by atoms with Gasteiger partial charge in [0.25, 0.3) is 0 Å². The van der Waals surface area contributed by atoms with E-state index in [-0.39, 0.29) is 17.2 Å². The summed E-state index contributed by atoms with van der Waals surface area (Å²) in [5, 5.41) is 0. The second-order valence-electron chi connectivity index (χ2n) is 8.73. The van der Waals surface area contributed by atoms with Crippen LogP contribution in [0.15, 0.2) is 6.20 Å². The third-order valence-corrected chi connectivity index (χ3v) is 6.55. The molecule has 3 aliphatic rings. The van der Waals surface area contributed by atoms with Crippen molar-refractivity contribution < 1.29 is 9.59 Å². The number of hydrogen-bond donors (Lipinski definition) is 0. The maximum absolute atomic E-state index is 12.9. The maximum Gasteiger partial charge on any atom is 0.225 e. The van der Waals surface area contributed by atoms with Crippen molar-refractivity contribution in [2.24, 2.45) is 0 Å². The zero-order chi connectivity index (χ0) is 19.7. The number of aryl methyl sites for hydroxylation is 1. The minimum atomic E-state index is -0.0120. The zero-order valence-electron chi connectivity index (χ0n) is 17.1. The number of anilines is 1. The number of piperidine rings is 1. The quantitative estimate of drug-likeness (QED) is 0.772. The molecule has 1 aromatic heterocycles. The summed E-state index contributed by atoms with van der Waals surface area (Å²) in [5.74, 6) is 1.21. The predicted molar refractivity (Wildman–Crippen MR) is 107 cm³/mol. The number of amides is 2. The number of carbonyl (C=O) groups is 2. The molecular formula is C21H31N5O2. The van der Waals surface area contributed by atoms with Crippen molar-refractivity contribution in [1.82, 2.24) is 19.8 Å². The van der Waals surface area contributed by atoms with E-state index in [1.54, 1.807) is 0 Å². The fraction of sp³-hybridized carbons (Fsp3) is 0.714. The molecule has 2 aliphatic heterocycles. The number of aromatic nitrogens is 2. The Labute approximate surface area is 167 Å². The van der Waals surface area contributed by atoms with Crippen LogP contribution in [-0.2, 0) is 21.4 Å². The predicted octanol–water partition coefficient (Wildman–Crippen LogP) is 1.75. The first-order chi connectivity index (χ1) is 13.5. The Morgan fingerprint density at radius 2 is 2.07 bits per heavy atom. The third-order valence-electron chi connectivity index (χ3n) is 6.55. The topological polar surface area (TPSA) is 69.6 Å². The molecule has 0 radical (unpaired) electrons. The molecule has 1 aliphatic carbocycles. The minimum Gasteiger partial charge on any atom is -0.347 e. The standard InChI is InChI=1S/C21H31N5O2/c1-24(2)20-22-14-16-8-10-21(19(16)23-20)9-5-13-26(15-21)18(28)7-4-12-25-11-3-6-17(25)27/h14H,3-13,15H2,1-2H3. The van der Waals surface area contributed by atoms with E-state index < -0.39 is 0 Å². The van der Waals surface area contributed by atoms with Crippen LogP contribution in [0.3, 0.4) is 0 Å². The van der Waals surface area contributed by atoms with Crippen LogP contribution in [0.1, 0.15) is 56.2 Å². The highest BCUT2D eigenvalue weighted by Gasteiger charge is 2.44. The van der Waals surface area contributed by atoms with Gasteiger partial charge in [-0.1, -0.05) is 0 Å². The summed E-state index contributed by atoms with van der Waals surface area (Å²) in [6.07, 6.45) is 9.06. The molecule has 7 heteroatoms. The van der Waals surface area contributed by atoms with Crippen LogP contribution in [0.25, 0.3) is 0 Å². The summed E-state index contributed by atoms with van der Waals surface area (Å²) in [6.45, 7) is 3.17. The molecule has 0 saturated carbocycles. The van der Waals surface area contributed by atoms with Crippen molar-refractivity contribution >= 4 is 17.8 Å². The summed E-state index contributed by atoms with van der Waals surface area (Å²) in [6, 6.07) is 0. The lowest BCUT2D eigenvalue weighted by Crippen LogP contribution is -2.48. The van der Waals surface area contributed by atoms with Gasteiger partial charge in [0.15, 0.2) is 0 Å². The Kier molecular flexibility index (Phi) is 5.25. The Balaban J connectivity index is 1.40. The van der Waals surface area contributed by atoms with E-state index >= 15 is 0 Å². The fourth-order valence-electron chi connectivity index (χ4n) is 5.01. The summed E-state index contributed by atoms with van der Waals surface area (Å²) in [4.78, 5) is 39.8. The van der Waals surface area contributed by atoms with Crippen LogP contribution in [0.5, 0.6) is 0 Å². The van der Waals surface area contributed by atoms with Crippen molar-refractivity contribution in [3.8, 4) is 0 Å². The van der Waals surface area contributed by atoms with Crippen molar-refractivity contribution in [3.05, 3.63) is 17.5 Å². The summed E-state index contributed by atoms with van der Waals surface area (Å²) < 4.78 is 0. The maximum atomic E-state index is 12.9. The second-order valence-corrected chi connectivity index (χ2v) is 8.73. The summed E-state index contributed by atoms with van der Waals surface area (Å²) >= 11 is 0. The molecule has 7 nitrogen and oxygen atoms in total. The molecule has 0 N–H and O–H groups in total. The van der Waals surface area contributed by atoms with Crippen molar-refractivity contribution in [2.75, 3.05) is 45.2 Å². The fourth-order valence-corrected chi connectivity index (χ4v) is 5.01. The molecule has 2 fully saturated rings. The first kappa shape index (κ1) is 19.2. The lowest BCUT2D eigenvalue weighted by Gasteiger charge is -2.40. The SMILES string of the molecule is CN(C)c1ncc2c(n1)C1(CCCN(C(=O)CCCN3CCCC3=O)C1)CC2. The van der Waals surface area contributed by atoms with Gasteiger partial charge in [-0.25, -0.2) is 9.97 Å². The molecular weight excluding hydrogens is 354 g/mol. The molecule has 28 heavy (non-hydrogen) atoms. The molecule has 0 aromatic carbocycles. The molecule has 0 bridgehead atoms. The Morgan fingerprint density at radius 3 is 2.82 bits per heavy atom. The van der Waals surface area contributed by atoms with E-state index in [0.29, 0.717) is 19.4 Å². The molecule has 1 aromatic rings. The molecule has 3 heterocycles. The second kappa shape index (κ2) is 7.68. The molecule has 152 valence electrons. The highest BCUT2D eigenvalue weighted by Crippen LogP contribution is 2.44. The molecule has 4 rings (SSSR count). The first-order valence-corrected chi connectivity index (χ1v) is 10.6. The van der Waals surface area contributed by atoms with Crippen LogP contribution in [0.2, 0.25) is 0 Å². The van der Waals surface area contributed by atoms with Gasteiger partial charge in [-0.3, -0.25) is 9.59 Å². The van der Waals surface area contributed by atoms with E-state index in [1.165, 1.54) is 5.56 Å². The highest BCUT2D eigenvalue weighted by atomic mass is 16.2. The minimum absolute atomic E-state index is 0.0120. The van der Waals surface area contributed by atoms with Crippen molar-refractivity contribution in [1.29, 1.82) is 0 Å². The zero-order valence-corrected chi connectivity index (χ0v) is 17.1. The number of likely N-dealkylation sites (tertiary alicyclic amines) is 2. The Morgan fingerprint density at radius 1 is 1.21 bits per heavy atom. The average Bonchev–Trinajstić information content (AvgIpc) is 3.25. The van der Waals surface area contributed by atoms with Gasteiger partial charge < -0.3 is 14.7 Å². The number of fused-ring (bicyclic) bond motifs is 2. The largest absolute Gasteiger partial charge is 0.347 e. The number of carbonyl (C=O) groups excluding carboxylic acids is 2. The van der Waals surface area contributed by atoms with Crippen LogP contribution in [0.4, 0.5) is 5.95 Å². The smallest absolute Gasteiger partial charge is 0.225 e. The lowest BCUT2D eigenvalue weighted by molar-refractivity contribution is -0.134. The van der Waals surface area contributed by atoms with Gasteiger partial charge in [0.05, 0.1) is 5.69 Å². The van der Waals surface area contributed by atoms with Crippen LogP contribution < -0.4 is 4.90 Å². The Hall–Kier alpha value is -2.18. The first-order valence-electron chi connectivity index (χ1n) is 10.6. The van der Waals surface area contributed by atoms with Gasteiger partial charge in [-0.05, 0) is 44.1 Å². The van der Waals surface area contributed by atoms with E-state index in [9.17, 15) is 9.59 Å². The Bertz CT molecular complexity index is 761. The summed E-state index contributed by atoms with van der Waals surface area (Å²) in [7, 11) is 3.93. The van der Waals surface area contributed by atoms with Crippen LogP contribution in [-0.4, -0.2) is 71.9 Å². The molecule has 2 saturated heterocycles. The van der Waals surface area contributed by atoms with E-state index in [1.807, 2.05) is 35.0 Å². The third kappa shape index (κ3) is 3.59. The van der Waals surface area contributed by atoms with E-state index in [2.05, 4.69) is 4.98 Å². The van der Waals surface area contributed by atoms with Gasteiger partial charge in [-0.2, -0.15) is 0 Å². The summed E-state index contributed by atoms with van der Waals surface area (Å²) in [5.41, 5.74) is 2.39. The number of nitrogens with zero attached hydrogens (tertiary/aromatic N) is 5. The van der Waals surface area contributed by atoms with Gasteiger partial charge in [0.1, 0.15) is 0 Å². The normalized spacial score (nSPS) is 24.1. The van der Waals surface area contributed by atoms with Gasteiger partial charge in [0.2, 0.25) is 17.8 Å². The van der Waals surface area contributed by atoms with Gasteiger partial charge in [-0.15, -0.1) is 0 Å². The lowest BCUT2D eigenvalue weighted by atomic mass is 9.77. The van der Waals surface area contributed by atoms with E-state index in [0.717, 1.165) is 69.8 Å². The van der Waals surface area contributed by atoms with Crippen LogP contribution >= 0.6 is 0 Å². The average molecular weight is 386 g/mol. The van der Waals surface area contributed by atoms with E-state index in [4.69, 9.17) is 4.98 Å². The van der Waals surface area contributed by atoms with Gasteiger partial charge >= 0.3 is 0 Å². The number of rotatable bonds is 5. The van der Waals surface area contributed by atoms with Crippen LogP contribution in [0, 0.1) is 0 Å². The molecule has 1 unspecified atom stereocenters.